The van der Waals surface area contributed by atoms with Gasteiger partial charge in [0.1, 0.15) is 6.54 Å². The summed E-state index contributed by atoms with van der Waals surface area (Å²) in [6, 6.07) is 4.72. The maximum absolute atomic E-state index is 11.1. The van der Waals surface area contributed by atoms with Gasteiger partial charge >= 0.3 is 0 Å². The second kappa shape index (κ2) is 4.76. The van der Waals surface area contributed by atoms with E-state index in [1.54, 1.807) is 12.1 Å². The predicted octanol–water partition coefficient (Wildman–Crippen LogP) is 1.84. The zero-order valence-electron chi connectivity index (χ0n) is 10.8. The number of nitrogens with zero attached hydrogens (tertiary/aromatic N) is 1. The first-order chi connectivity index (χ1) is 7.65. The number of benzene rings is 1. The summed E-state index contributed by atoms with van der Waals surface area (Å²) in [5.74, 6) is 0. The Balaban J connectivity index is 3.17. The predicted molar refractivity (Wildman–Crippen MR) is 67.3 cm³/mol. The molecule has 0 bridgehead atoms. The summed E-state index contributed by atoms with van der Waals surface area (Å²) >= 11 is 0. The lowest BCUT2D eigenvalue weighted by Gasteiger charge is -2.29. The van der Waals surface area contributed by atoms with E-state index in [1.807, 2.05) is 6.92 Å². The Kier molecular flexibility index (Phi) is 3.96. The fourth-order valence-corrected chi connectivity index (χ4v) is 2.08. The van der Waals surface area contributed by atoms with Crippen molar-refractivity contribution in [2.45, 2.75) is 25.3 Å². The van der Waals surface area contributed by atoms with Gasteiger partial charge in [-0.15, -0.1) is 0 Å². The molecule has 0 saturated heterocycles. The first-order valence-corrected chi connectivity index (χ1v) is 6.99. The number of hydrogen-bond donors (Lipinski definition) is 1. The van der Waals surface area contributed by atoms with Crippen LogP contribution in [0.5, 0.6) is 0 Å². The van der Waals surface area contributed by atoms with Crippen LogP contribution in [0.1, 0.15) is 18.1 Å². The van der Waals surface area contributed by atoms with Gasteiger partial charge in [-0.2, -0.15) is 8.42 Å². The third-order valence-electron chi connectivity index (χ3n) is 3.07. The van der Waals surface area contributed by atoms with E-state index in [1.165, 1.54) is 6.07 Å². The van der Waals surface area contributed by atoms with Gasteiger partial charge < -0.3 is 4.48 Å². The van der Waals surface area contributed by atoms with Crippen LogP contribution in [-0.4, -0.2) is 38.1 Å². The first-order valence-electron chi connectivity index (χ1n) is 5.55. The van der Waals surface area contributed by atoms with Crippen molar-refractivity contribution in [1.82, 2.24) is 0 Å². The van der Waals surface area contributed by atoms with Crippen LogP contribution in [0.4, 0.5) is 0 Å². The summed E-state index contributed by atoms with van der Waals surface area (Å²) in [7, 11) is 0.0545. The smallest absolute Gasteiger partial charge is 0.294 e. The molecule has 5 heteroatoms. The van der Waals surface area contributed by atoms with Crippen LogP contribution < -0.4 is 0 Å². The van der Waals surface area contributed by atoms with E-state index < -0.39 is 10.1 Å². The lowest BCUT2D eigenvalue weighted by Crippen LogP contribution is -2.38. The molecule has 0 fully saturated rings. The fourth-order valence-electron chi connectivity index (χ4n) is 1.55. The highest BCUT2D eigenvalue weighted by molar-refractivity contribution is 7.85. The summed E-state index contributed by atoms with van der Waals surface area (Å²) < 4.78 is 32.0. The zero-order valence-corrected chi connectivity index (χ0v) is 11.6. The standard InChI is InChI=1S/C12H19NO3S/c1-5-13(3,4)9-11-8-12(17(14,15)16)7-6-10(11)2/h6-8H,5,9H2,1-4H3/p+1. The molecule has 0 unspecified atom stereocenters. The molecule has 0 spiro atoms. The molecule has 1 aromatic rings. The maximum Gasteiger partial charge on any atom is 0.294 e. The van der Waals surface area contributed by atoms with Crippen molar-refractivity contribution >= 4 is 10.1 Å². The highest BCUT2D eigenvalue weighted by atomic mass is 32.2. The summed E-state index contributed by atoms with van der Waals surface area (Å²) in [5.41, 5.74) is 1.99. The van der Waals surface area contributed by atoms with Gasteiger partial charge in [0.05, 0.1) is 25.5 Å². The molecule has 1 N–H and O–H groups in total. The molecule has 17 heavy (non-hydrogen) atoms. The minimum Gasteiger partial charge on any atom is -0.325 e. The van der Waals surface area contributed by atoms with Crippen molar-refractivity contribution < 1.29 is 17.5 Å². The highest BCUT2D eigenvalue weighted by Crippen LogP contribution is 2.18. The average Bonchev–Trinajstić information content (AvgIpc) is 2.19. The second-order valence-corrected chi connectivity index (χ2v) is 6.39. The van der Waals surface area contributed by atoms with Crippen LogP contribution in [-0.2, 0) is 16.7 Å². The highest BCUT2D eigenvalue weighted by Gasteiger charge is 2.17. The SMILES string of the molecule is CC[N+](C)(C)Cc1cc(S(=O)(=O)O)ccc1C. The Morgan fingerprint density at radius 1 is 1.29 bits per heavy atom. The van der Waals surface area contributed by atoms with Crippen LogP contribution in [0, 0.1) is 6.92 Å². The fraction of sp³-hybridized carbons (Fsp3) is 0.500. The molecule has 0 aliphatic carbocycles. The van der Waals surface area contributed by atoms with Crippen molar-refractivity contribution in [2.75, 3.05) is 20.6 Å². The van der Waals surface area contributed by atoms with Gasteiger partial charge in [-0.25, -0.2) is 0 Å². The molecule has 96 valence electrons. The van der Waals surface area contributed by atoms with E-state index in [4.69, 9.17) is 4.55 Å². The van der Waals surface area contributed by atoms with Crippen molar-refractivity contribution in [3.8, 4) is 0 Å². The monoisotopic (exact) mass is 258 g/mol. The summed E-state index contributed by atoms with van der Waals surface area (Å²) in [5, 5.41) is 0. The Hall–Kier alpha value is -0.910. The molecule has 0 aromatic heterocycles. The van der Waals surface area contributed by atoms with Crippen LogP contribution >= 0.6 is 0 Å². The molecule has 0 radical (unpaired) electrons. The van der Waals surface area contributed by atoms with Crippen molar-refractivity contribution in [2.24, 2.45) is 0 Å². The van der Waals surface area contributed by atoms with Crippen LogP contribution in [0.15, 0.2) is 23.1 Å². The third kappa shape index (κ3) is 3.80. The number of hydrogen-bond acceptors (Lipinski definition) is 2. The Bertz CT molecular complexity index is 506. The van der Waals surface area contributed by atoms with Gasteiger partial charge in [0.15, 0.2) is 0 Å². The summed E-state index contributed by atoms with van der Waals surface area (Å²) in [4.78, 5) is -0.0331. The molecule has 4 nitrogen and oxygen atoms in total. The van der Waals surface area contributed by atoms with E-state index in [0.29, 0.717) is 0 Å². The van der Waals surface area contributed by atoms with Crippen LogP contribution in [0.2, 0.25) is 0 Å². The van der Waals surface area contributed by atoms with E-state index in [0.717, 1.165) is 28.7 Å². The molecular formula is C12H20NO3S+. The van der Waals surface area contributed by atoms with Crippen molar-refractivity contribution in [3.63, 3.8) is 0 Å². The molecular weight excluding hydrogens is 238 g/mol. The Morgan fingerprint density at radius 3 is 2.35 bits per heavy atom. The molecule has 0 atom stereocenters. The van der Waals surface area contributed by atoms with Gasteiger partial charge in [-0.1, -0.05) is 6.07 Å². The van der Waals surface area contributed by atoms with Crippen LogP contribution in [0.3, 0.4) is 0 Å². The van der Waals surface area contributed by atoms with Gasteiger partial charge in [0.25, 0.3) is 10.1 Å². The van der Waals surface area contributed by atoms with E-state index in [2.05, 4.69) is 21.0 Å². The van der Waals surface area contributed by atoms with Crippen LogP contribution in [0.25, 0.3) is 0 Å². The number of aryl methyl sites for hydroxylation is 1. The maximum atomic E-state index is 11.1. The van der Waals surface area contributed by atoms with Gasteiger partial charge in [-0.3, -0.25) is 4.55 Å². The van der Waals surface area contributed by atoms with Crippen molar-refractivity contribution in [3.05, 3.63) is 29.3 Å². The Morgan fingerprint density at radius 2 is 1.88 bits per heavy atom. The van der Waals surface area contributed by atoms with E-state index in [-0.39, 0.29) is 4.90 Å². The molecule has 0 amide bonds. The van der Waals surface area contributed by atoms with Crippen molar-refractivity contribution in [1.29, 1.82) is 0 Å². The topological polar surface area (TPSA) is 54.4 Å². The molecule has 0 aliphatic heterocycles. The second-order valence-electron chi connectivity index (χ2n) is 4.97. The Labute approximate surface area is 103 Å². The molecule has 1 aromatic carbocycles. The lowest BCUT2D eigenvalue weighted by molar-refractivity contribution is -0.901. The largest absolute Gasteiger partial charge is 0.325 e. The molecule has 0 saturated carbocycles. The number of quaternary nitrogens is 1. The summed E-state index contributed by atoms with van der Waals surface area (Å²) in [6.45, 7) is 5.72. The molecule has 1 rings (SSSR count). The minimum atomic E-state index is -4.11. The van der Waals surface area contributed by atoms with Gasteiger partial charge in [-0.05, 0) is 31.5 Å². The first kappa shape index (κ1) is 14.2. The molecule has 0 heterocycles. The minimum absolute atomic E-state index is 0.0331. The average molecular weight is 258 g/mol. The zero-order chi connectivity index (χ0) is 13.3. The quantitative estimate of drug-likeness (QED) is 0.662. The van der Waals surface area contributed by atoms with E-state index >= 15 is 0 Å². The lowest BCUT2D eigenvalue weighted by atomic mass is 10.1. The molecule has 0 aliphatic rings. The normalized spacial score (nSPS) is 12.8. The number of rotatable bonds is 4. The van der Waals surface area contributed by atoms with Gasteiger partial charge in [0.2, 0.25) is 0 Å². The van der Waals surface area contributed by atoms with E-state index in [9.17, 15) is 8.42 Å². The summed E-state index contributed by atoms with van der Waals surface area (Å²) in [6.07, 6.45) is 0. The third-order valence-corrected chi connectivity index (χ3v) is 3.92. The van der Waals surface area contributed by atoms with Gasteiger partial charge in [0, 0.05) is 5.56 Å².